The maximum atomic E-state index is 11.5. The van der Waals surface area contributed by atoms with Gasteiger partial charge in [0.15, 0.2) is 0 Å². The van der Waals surface area contributed by atoms with E-state index in [1.54, 1.807) is 22.8 Å². The fourth-order valence-corrected chi connectivity index (χ4v) is 2.79. The second-order valence-corrected chi connectivity index (χ2v) is 4.54. The van der Waals surface area contributed by atoms with Gasteiger partial charge in [0.05, 0.1) is 4.90 Å². The van der Waals surface area contributed by atoms with Crippen molar-refractivity contribution < 1.29 is 14.1 Å². The van der Waals surface area contributed by atoms with Crippen LogP contribution < -0.4 is 5.14 Å². The molecule has 1 heterocycles. The number of para-hydroxylation sites is 1. The second-order valence-electron chi connectivity index (χ2n) is 3.54. The molecule has 2 aromatic rings. The van der Waals surface area contributed by atoms with Crippen LogP contribution in [0.3, 0.4) is 0 Å². The number of benzene rings is 1. The number of aromatic nitrogens is 1. The van der Waals surface area contributed by atoms with Gasteiger partial charge in [-0.05, 0) is 13.0 Å². The van der Waals surface area contributed by atoms with E-state index in [0.29, 0.717) is 11.9 Å². The normalized spacial score (nSPS) is 12.8. The van der Waals surface area contributed by atoms with Crippen LogP contribution in [-0.4, -0.2) is 19.9 Å². The van der Waals surface area contributed by atoms with Crippen molar-refractivity contribution in [3.8, 4) is 0 Å². The first-order chi connectivity index (χ1) is 8.07. The van der Waals surface area contributed by atoms with Crippen LogP contribution in [0.15, 0.2) is 29.2 Å². The predicted octanol–water partition coefficient (Wildman–Crippen LogP) is 1.34. The van der Waals surface area contributed by atoms with Gasteiger partial charge in [-0.25, -0.2) is 14.1 Å². The van der Waals surface area contributed by atoms with E-state index >= 15 is 0 Å². The zero-order valence-electron chi connectivity index (χ0n) is 9.21. The number of hydrogen-bond acceptors (Lipinski definition) is 2. The Labute approximate surface area is 100 Å². The predicted molar refractivity (Wildman–Crippen MR) is 65.2 cm³/mol. The van der Waals surface area contributed by atoms with Gasteiger partial charge in [-0.3, -0.25) is 0 Å². The number of carbonyl (C=O) groups is 1. The molecule has 0 saturated heterocycles. The standard InChI is InChI=1S/C11H12N2O3S/c1-2-13-8-6-4-3-5-7(8)10(17(12)16)9(13)11(14)15/h3-6H,2,12H2,1H3,(H,14,15). The lowest BCUT2D eigenvalue weighted by Gasteiger charge is -2.04. The molecule has 0 radical (unpaired) electrons. The highest BCUT2D eigenvalue weighted by Crippen LogP contribution is 2.28. The SMILES string of the molecule is CCn1c(C(=O)O)c(S(N)=O)c2ccccc21. The molecule has 0 fully saturated rings. The van der Waals surface area contributed by atoms with Crippen molar-refractivity contribution in [1.29, 1.82) is 0 Å². The average molecular weight is 252 g/mol. The minimum absolute atomic E-state index is 0.00883. The molecule has 1 atom stereocenters. The van der Waals surface area contributed by atoms with E-state index in [4.69, 9.17) is 5.14 Å². The first-order valence-corrected chi connectivity index (χ1v) is 6.30. The molecule has 0 spiro atoms. The van der Waals surface area contributed by atoms with Gasteiger partial charge in [-0.2, -0.15) is 0 Å². The first-order valence-electron chi connectivity index (χ1n) is 5.08. The van der Waals surface area contributed by atoms with Gasteiger partial charge in [0.1, 0.15) is 16.7 Å². The highest BCUT2D eigenvalue weighted by Gasteiger charge is 2.23. The number of nitrogens with two attached hydrogens (primary N) is 1. The molecule has 1 aromatic heterocycles. The van der Waals surface area contributed by atoms with Crippen molar-refractivity contribution in [2.24, 2.45) is 5.14 Å². The Morgan fingerprint density at radius 2 is 2.12 bits per heavy atom. The van der Waals surface area contributed by atoms with Crippen LogP contribution in [0.1, 0.15) is 17.4 Å². The van der Waals surface area contributed by atoms with Crippen LogP contribution in [0.25, 0.3) is 10.9 Å². The number of aryl methyl sites for hydroxylation is 1. The summed E-state index contributed by atoms with van der Waals surface area (Å²) in [6.07, 6.45) is 0. The monoisotopic (exact) mass is 252 g/mol. The molecule has 0 amide bonds. The summed E-state index contributed by atoms with van der Waals surface area (Å²) in [7, 11) is -1.82. The summed E-state index contributed by atoms with van der Waals surface area (Å²) in [5.41, 5.74) is 0.746. The molecular formula is C11H12N2O3S. The molecule has 17 heavy (non-hydrogen) atoms. The smallest absolute Gasteiger partial charge is 0.353 e. The molecule has 0 aliphatic rings. The Morgan fingerprint density at radius 1 is 1.47 bits per heavy atom. The van der Waals surface area contributed by atoms with Crippen molar-refractivity contribution >= 4 is 27.9 Å². The van der Waals surface area contributed by atoms with Gasteiger partial charge in [-0.15, -0.1) is 0 Å². The van der Waals surface area contributed by atoms with Gasteiger partial charge >= 0.3 is 5.97 Å². The lowest BCUT2D eigenvalue weighted by atomic mass is 10.2. The van der Waals surface area contributed by atoms with Crippen LogP contribution in [0.2, 0.25) is 0 Å². The van der Waals surface area contributed by atoms with Gasteiger partial charge in [-0.1, -0.05) is 18.2 Å². The molecule has 6 heteroatoms. The number of fused-ring (bicyclic) bond motifs is 1. The van der Waals surface area contributed by atoms with Crippen molar-refractivity contribution in [3.63, 3.8) is 0 Å². The van der Waals surface area contributed by atoms with E-state index in [0.717, 1.165) is 5.52 Å². The molecule has 1 aromatic carbocycles. The molecule has 2 rings (SSSR count). The van der Waals surface area contributed by atoms with E-state index in [1.165, 1.54) is 0 Å². The summed E-state index contributed by atoms with van der Waals surface area (Å²) >= 11 is 0. The summed E-state index contributed by atoms with van der Waals surface area (Å²) in [5, 5.41) is 15.2. The average Bonchev–Trinajstić information content (AvgIpc) is 2.63. The summed E-state index contributed by atoms with van der Waals surface area (Å²) < 4.78 is 13.1. The topological polar surface area (TPSA) is 85.3 Å². The molecule has 5 nitrogen and oxygen atoms in total. The zero-order valence-corrected chi connectivity index (χ0v) is 10.0. The maximum Gasteiger partial charge on any atom is 0.353 e. The van der Waals surface area contributed by atoms with Crippen LogP contribution in [0, 0.1) is 0 Å². The molecular weight excluding hydrogens is 240 g/mol. The molecule has 0 aliphatic carbocycles. The van der Waals surface area contributed by atoms with Crippen LogP contribution in [0.4, 0.5) is 0 Å². The third-order valence-electron chi connectivity index (χ3n) is 2.64. The van der Waals surface area contributed by atoms with E-state index in [2.05, 4.69) is 0 Å². The molecule has 3 N–H and O–H groups in total. The third kappa shape index (κ3) is 1.75. The summed E-state index contributed by atoms with van der Waals surface area (Å²) in [4.78, 5) is 11.5. The van der Waals surface area contributed by atoms with Gasteiger partial charge in [0.2, 0.25) is 0 Å². The van der Waals surface area contributed by atoms with Crippen molar-refractivity contribution in [2.45, 2.75) is 18.4 Å². The lowest BCUT2D eigenvalue weighted by molar-refractivity contribution is 0.0681. The molecule has 0 aliphatic heterocycles. The quantitative estimate of drug-likeness (QED) is 0.864. The van der Waals surface area contributed by atoms with Gasteiger partial charge in [0, 0.05) is 17.4 Å². The maximum absolute atomic E-state index is 11.5. The Hall–Kier alpha value is -1.66. The highest BCUT2D eigenvalue weighted by molar-refractivity contribution is 7.83. The van der Waals surface area contributed by atoms with E-state index in [-0.39, 0.29) is 10.6 Å². The highest BCUT2D eigenvalue weighted by atomic mass is 32.2. The van der Waals surface area contributed by atoms with Gasteiger partial charge in [0.25, 0.3) is 0 Å². The fourth-order valence-electron chi connectivity index (χ4n) is 2.02. The first kappa shape index (κ1) is 11.8. The number of hydrogen-bond donors (Lipinski definition) is 2. The molecule has 90 valence electrons. The van der Waals surface area contributed by atoms with Crippen LogP contribution in [-0.2, 0) is 17.5 Å². The van der Waals surface area contributed by atoms with E-state index in [9.17, 15) is 14.1 Å². The Morgan fingerprint density at radius 3 is 2.65 bits per heavy atom. The number of rotatable bonds is 3. The minimum atomic E-state index is -1.82. The molecule has 1 unspecified atom stereocenters. The van der Waals surface area contributed by atoms with Crippen LogP contribution in [0.5, 0.6) is 0 Å². The fraction of sp³-hybridized carbons (Fsp3) is 0.182. The van der Waals surface area contributed by atoms with E-state index in [1.807, 2.05) is 13.0 Å². The van der Waals surface area contributed by atoms with Crippen LogP contribution >= 0.6 is 0 Å². The summed E-state index contributed by atoms with van der Waals surface area (Å²) in [5.74, 6) is -1.11. The molecule has 0 bridgehead atoms. The number of aromatic carboxylic acids is 1. The van der Waals surface area contributed by atoms with E-state index < -0.39 is 17.0 Å². The molecule has 0 saturated carbocycles. The largest absolute Gasteiger partial charge is 0.477 e. The zero-order chi connectivity index (χ0) is 12.6. The minimum Gasteiger partial charge on any atom is -0.477 e. The Bertz CT molecular complexity index is 618. The van der Waals surface area contributed by atoms with Crippen molar-refractivity contribution in [2.75, 3.05) is 0 Å². The van der Waals surface area contributed by atoms with Crippen molar-refractivity contribution in [1.82, 2.24) is 4.57 Å². The summed E-state index contributed by atoms with van der Waals surface area (Å²) in [6.45, 7) is 2.32. The Kier molecular flexibility index (Phi) is 2.99. The lowest BCUT2D eigenvalue weighted by Crippen LogP contribution is -2.13. The number of carboxylic acid groups (broad SMARTS) is 1. The summed E-state index contributed by atoms with van der Waals surface area (Å²) in [6, 6.07) is 7.10. The van der Waals surface area contributed by atoms with Gasteiger partial charge < -0.3 is 9.67 Å². The second kappa shape index (κ2) is 4.31. The number of carboxylic acids is 1. The third-order valence-corrected chi connectivity index (χ3v) is 3.46. The number of nitrogens with zero attached hydrogens (tertiary/aromatic N) is 1. The van der Waals surface area contributed by atoms with Crippen molar-refractivity contribution in [3.05, 3.63) is 30.0 Å². The Balaban J connectivity index is 2.97.